The van der Waals surface area contributed by atoms with Crippen LogP contribution in [0.4, 0.5) is 5.69 Å². The number of anilines is 1. The topological polar surface area (TPSA) is 92.8 Å². The number of imide groups is 1. The number of ether oxygens (including phenoxy) is 1. The molecule has 2 heterocycles. The molecule has 3 amide bonds. The highest BCUT2D eigenvalue weighted by Gasteiger charge is 2.34. The quantitative estimate of drug-likeness (QED) is 0.346. The van der Waals surface area contributed by atoms with Crippen molar-refractivity contribution < 1.29 is 23.9 Å². The van der Waals surface area contributed by atoms with Crippen LogP contribution in [0.25, 0.3) is 0 Å². The Kier molecular flexibility index (Phi) is 5.90. The SMILES string of the molecule is O=C(OCCCN1C(=O)c2ccccc2C1=O)c1ccc(NC(=O)c2cccs2)cc1. The van der Waals surface area contributed by atoms with E-state index in [1.807, 2.05) is 5.38 Å². The lowest BCUT2D eigenvalue weighted by Crippen LogP contribution is -2.31. The third kappa shape index (κ3) is 4.39. The van der Waals surface area contributed by atoms with Crippen molar-refractivity contribution in [1.29, 1.82) is 0 Å². The number of hydrogen-bond acceptors (Lipinski definition) is 6. The van der Waals surface area contributed by atoms with Crippen LogP contribution in [0.2, 0.25) is 0 Å². The summed E-state index contributed by atoms with van der Waals surface area (Å²) < 4.78 is 5.24. The standard InChI is InChI=1S/C23H18N2O5S/c26-20(19-7-3-14-31-19)24-16-10-8-15(9-11-16)23(29)30-13-4-12-25-21(27)17-5-1-2-6-18(17)22(25)28/h1-3,5-11,14H,4,12-13H2,(H,24,26). The molecule has 0 saturated carbocycles. The highest BCUT2D eigenvalue weighted by atomic mass is 32.1. The van der Waals surface area contributed by atoms with E-state index in [1.54, 1.807) is 60.7 Å². The van der Waals surface area contributed by atoms with Crippen LogP contribution in [0.1, 0.15) is 47.2 Å². The van der Waals surface area contributed by atoms with Crippen LogP contribution in [0, 0.1) is 0 Å². The number of carbonyl (C=O) groups excluding carboxylic acids is 4. The molecule has 1 aromatic heterocycles. The normalized spacial score (nSPS) is 12.6. The summed E-state index contributed by atoms with van der Waals surface area (Å²) in [5.74, 6) is -1.38. The van der Waals surface area contributed by atoms with E-state index >= 15 is 0 Å². The van der Waals surface area contributed by atoms with Crippen LogP contribution in [-0.4, -0.2) is 41.7 Å². The molecule has 1 aliphatic rings. The number of fused-ring (bicyclic) bond motifs is 1. The molecule has 1 aliphatic heterocycles. The number of hydrogen-bond donors (Lipinski definition) is 1. The van der Waals surface area contributed by atoms with Crippen LogP contribution in [-0.2, 0) is 4.74 Å². The van der Waals surface area contributed by atoms with Crippen molar-refractivity contribution in [2.45, 2.75) is 6.42 Å². The van der Waals surface area contributed by atoms with Crippen molar-refractivity contribution in [3.8, 4) is 0 Å². The summed E-state index contributed by atoms with van der Waals surface area (Å²) in [6, 6.07) is 16.6. The summed E-state index contributed by atoms with van der Waals surface area (Å²) in [5, 5.41) is 4.58. The number of carbonyl (C=O) groups is 4. The van der Waals surface area contributed by atoms with Gasteiger partial charge in [0.1, 0.15) is 0 Å². The van der Waals surface area contributed by atoms with Crippen molar-refractivity contribution in [2.24, 2.45) is 0 Å². The van der Waals surface area contributed by atoms with Crippen molar-refractivity contribution in [3.63, 3.8) is 0 Å². The second-order valence-electron chi connectivity index (χ2n) is 6.81. The highest BCUT2D eigenvalue weighted by Crippen LogP contribution is 2.22. The fourth-order valence-corrected chi connectivity index (χ4v) is 3.82. The summed E-state index contributed by atoms with van der Waals surface area (Å²) in [6.45, 7) is 0.246. The molecule has 0 aliphatic carbocycles. The molecule has 2 aromatic carbocycles. The number of thiophene rings is 1. The lowest BCUT2D eigenvalue weighted by Gasteiger charge is -2.13. The van der Waals surface area contributed by atoms with Crippen molar-refractivity contribution in [2.75, 3.05) is 18.5 Å². The van der Waals surface area contributed by atoms with Crippen LogP contribution in [0.5, 0.6) is 0 Å². The molecular weight excluding hydrogens is 416 g/mol. The zero-order valence-corrected chi connectivity index (χ0v) is 17.2. The molecule has 0 radical (unpaired) electrons. The molecule has 3 aromatic rings. The fraction of sp³-hybridized carbons (Fsp3) is 0.130. The summed E-state index contributed by atoms with van der Waals surface area (Å²) in [6.07, 6.45) is 0.339. The number of benzene rings is 2. The van der Waals surface area contributed by atoms with Gasteiger partial charge in [0, 0.05) is 12.2 Å². The average Bonchev–Trinajstić information content (AvgIpc) is 3.41. The second kappa shape index (κ2) is 8.93. The highest BCUT2D eigenvalue weighted by molar-refractivity contribution is 7.12. The first kappa shape index (κ1) is 20.5. The monoisotopic (exact) mass is 434 g/mol. The van der Waals surface area contributed by atoms with Gasteiger partial charge in [-0.3, -0.25) is 19.3 Å². The smallest absolute Gasteiger partial charge is 0.338 e. The first-order valence-electron chi connectivity index (χ1n) is 9.62. The minimum absolute atomic E-state index is 0.0725. The van der Waals surface area contributed by atoms with Gasteiger partial charge in [0.05, 0.1) is 28.2 Å². The van der Waals surface area contributed by atoms with Crippen molar-refractivity contribution in [3.05, 3.63) is 87.6 Å². The molecule has 0 saturated heterocycles. The van der Waals surface area contributed by atoms with Crippen LogP contribution in [0.15, 0.2) is 66.0 Å². The number of nitrogens with one attached hydrogen (secondary N) is 1. The number of esters is 1. The molecular formula is C23H18N2O5S. The van der Waals surface area contributed by atoms with Gasteiger partial charge in [0.2, 0.25) is 0 Å². The van der Waals surface area contributed by atoms with Crippen LogP contribution < -0.4 is 5.32 Å². The molecule has 7 nitrogen and oxygen atoms in total. The maximum atomic E-state index is 12.3. The molecule has 31 heavy (non-hydrogen) atoms. The molecule has 0 fully saturated rings. The van der Waals surface area contributed by atoms with E-state index in [1.165, 1.54) is 16.2 Å². The molecule has 0 unspecified atom stereocenters. The van der Waals surface area contributed by atoms with Gasteiger partial charge in [0.25, 0.3) is 17.7 Å². The first-order chi connectivity index (χ1) is 15.0. The van der Waals surface area contributed by atoms with Crippen molar-refractivity contribution >= 4 is 40.7 Å². The van der Waals surface area contributed by atoms with Gasteiger partial charge in [0.15, 0.2) is 0 Å². The van der Waals surface area contributed by atoms with E-state index in [0.29, 0.717) is 33.7 Å². The maximum Gasteiger partial charge on any atom is 0.338 e. The van der Waals surface area contributed by atoms with Gasteiger partial charge < -0.3 is 10.1 Å². The van der Waals surface area contributed by atoms with Crippen molar-refractivity contribution in [1.82, 2.24) is 4.90 Å². The maximum absolute atomic E-state index is 12.3. The van der Waals surface area contributed by atoms with E-state index in [-0.39, 0.29) is 30.9 Å². The Morgan fingerprint density at radius 3 is 2.19 bits per heavy atom. The van der Waals surface area contributed by atoms with E-state index in [4.69, 9.17) is 4.74 Å². The van der Waals surface area contributed by atoms with Gasteiger partial charge in [-0.25, -0.2) is 4.79 Å². The minimum Gasteiger partial charge on any atom is -0.462 e. The van der Waals surface area contributed by atoms with Gasteiger partial charge in [-0.1, -0.05) is 18.2 Å². The van der Waals surface area contributed by atoms with E-state index in [2.05, 4.69) is 5.32 Å². The third-order valence-electron chi connectivity index (χ3n) is 4.76. The molecule has 156 valence electrons. The molecule has 1 N–H and O–H groups in total. The molecule has 0 bridgehead atoms. The predicted molar refractivity (Wildman–Crippen MR) is 115 cm³/mol. The van der Waals surface area contributed by atoms with Gasteiger partial charge in [-0.05, 0) is 54.3 Å². The Morgan fingerprint density at radius 2 is 1.58 bits per heavy atom. The molecule has 0 spiro atoms. The summed E-state index contributed by atoms with van der Waals surface area (Å²) in [4.78, 5) is 50.6. The summed E-state index contributed by atoms with van der Waals surface area (Å²) in [5.41, 5.74) is 1.71. The third-order valence-corrected chi connectivity index (χ3v) is 5.63. The minimum atomic E-state index is -0.515. The summed E-state index contributed by atoms with van der Waals surface area (Å²) in [7, 11) is 0. The zero-order valence-electron chi connectivity index (χ0n) is 16.4. The molecule has 0 atom stereocenters. The Hall–Kier alpha value is -3.78. The Morgan fingerprint density at radius 1 is 0.903 bits per heavy atom. The summed E-state index contributed by atoms with van der Waals surface area (Å²) >= 11 is 1.34. The van der Waals surface area contributed by atoms with Gasteiger partial charge >= 0.3 is 5.97 Å². The predicted octanol–water partition coefficient (Wildman–Crippen LogP) is 3.84. The number of nitrogens with zero attached hydrogens (tertiary/aromatic N) is 1. The second-order valence-corrected chi connectivity index (χ2v) is 7.75. The lowest BCUT2D eigenvalue weighted by atomic mass is 10.1. The van der Waals surface area contributed by atoms with Crippen LogP contribution >= 0.6 is 11.3 Å². The molecule has 8 heteroatoms. The lowest BCUT2D eigenvalue weighted by molar-refractivity contribution is 0.0482. The van der Waals surface area contributed by atoms with Gasteiger partial charge in [-0.2, -0.15) is 0 Å². The Balaban J connectivity index is 1.24. The largest absolute Gasteiger partial charge is 0.462 e. The molecule has 4 rings (SSSR count). The fourth-order valence-electron chi connectivity index (χ4n) is 3.20. The van der Waals surface area contributed by atoms with E-state index in [9.17, 15) is 19.2 Å². The van der Waals surface area contributed by atoms with Crippen LogP contribution in [0.3, 0.4) is 0 Å². The Bertz CT molecular complexity index is 1100. The number of amides is 3. The van der Waals surface area contributed by atoms with Gasteiger partial charge in [-0.15, -0.1) is 11.3 Å². The zero-order chi connectivity index (χ0) is 21.8. The number of rotatable bonds is 7. The van der Waals surface area contributed by atoms with E-state index in [0.717, 1.165) is 0 Å². The Labute approximate surface area is 182 Å². The first-order valence-corrected chi connectivity index (χ1v) is 10.5. The average molecular weight is 434 g/mol. The van der Waals surface area contributed by atoms with E-state index < -0.39 is 5.97 Å².